The molecule has 0 saturated heterocycles. The molecule has 2 rings (SSSR count). The van der Waals surface area contributed by atoms with Crippen LogP contribution >= 0.6 is 0 Å². The Morgan fingerprint density at radius 2 is 1.94 bits per heavy atom. The van der Waals surface area contributed by atoms with Gasteiger partial charge in [0, 0.05) is 31.5 Å². The zero-order valence-corrected chi connectivity index (χ0v) is 11.0. The third-order valence-electron chi connectivity index (χ3n) is 3.09. The van der Waals surface area contributed by atoms with Gasteiger partial charge in [-0.3, -0.25) is 4.79 Å². The second kappa shape index (κ2) is 5.80. The molecule has 1 aromatic rings. The van der Waals surface area contributed by atoms with Crippen LogP contribution < -0.4 is 10.6 Å². The van der Waals surface area contributed by atoms with Gasteiger partial charge in [0.15, 0.2) is 0 Å². The van der Waals surface area contributed by atoms with Crippen LogP contribution in [0.2, 0.25) is 0 Å². The SMILES string of the molecule is CCNc1cc(NC2CCC(=O)CC2)nc(C)n1. The average Bonchev–Trinajstić information content (AvgIpc) is 2.32. The van der Waals surface area contributed by atoms with Crippen molar-refractivity contribution in [2.45, 2.75) is 45.6 Å². The third kappa shape index (κ3) is 3.42. The van der Waals surface area contributed by atoms with Gasteiger partial charge in [0.05, 0.1) is 0 Å². The molecule has 0 radical (unpaired) electrons. The summed E-state index contributed by atoms with van der Waals surface area (Å²) >= 11 is 0. The molecule has 1 aliphatic carbocycles. The van der Waals surface area contributed by atoms with Gasteiger partial charge in [-0.05, 0) is 26.7 Å². The predicted molar refractivity (Wildman–Crippen MR) is 71.8 cm³/mol. The van der Waals surface area contributed by atoms with Crippen molar-refractivity contribution in [2.75, 3.05) is 17.2 Å². The van der Waals surface area contributed by atoms with Crippen LogP contribution in [-0.4, -0.2) is 28.3 Å². The smallest absolute Gasteiger partial charge is 0.133 e. The van der Waals surface area contributed by atoms with E-state index in [-0.39, 0.29) is 0 Å². The maximum Gasteiger partial charge on any atom is 0.133 e. The van der Waals surface area contributed by atoms with Crippen molar-refractivity contribution in [1.29, 1.82) is 0 Å². The molecule has 1 heterocycles. The second-order valence-corrected chi connectivity index (χ2v) is 4.67. The number of aromatic nitrogens is 2. The molecule has 5 heteroatoms. The van der Waals surface area contributed by atoms with Crippen molar-refractivity contribution < 1.29 is 4.79 Å². The number of carbonyl (C=O) groups excluding carboxylic acids is 1. The monoisotopic (exact) mass is 248 g/mol. The van der Waals surface area contributed by atoms with Crippen LogP contribution in [0.1, 0.15) is 38.4 Å². The van der Waals surface area contributed by atoms with Gasteiger partial charge >= 0.3 is 0 Å². The molecule has 5 nitrogen and oxygen atoms in total. The van der Waals surface area contributed by atoms with Gasteiger partial charge in [0.1, 0.15) is 23.2 Å². The molecule has 0 spiro atoms. The molecular weight excluding hydrogens is 228 g/mol. The molecule has 1 aromatic heterocycles. The molecule has 1 fully saturated rings. The van der Waals surface area contributed by atoms with E-state index >= 15 is 0 Å². The predicted octanol–water partition coefficient (Wildman–Crippen LogP) is 2.14. The summed E-state index contributed by atoms with van der Waals surface area (Å²) in [6, 6.07) is 2.28. The van der Waals surface area contributed by atoms with E-state index in [1.54, 1.807) is 0 Å². The molecule has 0 bridgehead atoms. The van der Waals surface area contributed by atoms with Gasteiger partial charge in [0.2, 0.25) is 0 Å². The minimum absolute atomic E-state index is 0.353. The van der Waals surface area contributed by atoms with Crippen LogP contribution in [0.25, 0.3) is 0 Å². The first-order valence-electron chi connectivity index (χ1n) is 6.55. The van der Waals surface area contributed by atoms with Crippen molar-refractivity contribution in [2.24, 2.45) is 0 Å². The zero-order valence-electron chi connectivity index (χ0n) is 11.0. The Morgan fingerprint density at radius 1 is 1.28 bits per heavy atom. The summed E-state index contributed by atoms with van der Waals surface area (Å²) in [5.74, 6) is 2.82. The van der Waals surface area contributed by atoms with Crippen LogP contribution in [0, 0.1) is 6.92 Å². The molecule has 0 aliphatic heterocycles. The Hall–Kier alpha value is -1.65. The second-order valence-electron chi connectivity index (χ2n) is 4.67. The molecule has 0 amide bonds. The van der Waals surface area contributed by atoms with Crippen LogP contribution in [0.4, 0.5) is 11.6 Å². The van der Waals surface area contributed by atoms with Gasteiger partial charge in [-0.15, -0.1) is 0 Å². The highest BCUT2D eigenvalue weighted by Crippen LogP contribution is 2.20. The maximum absolute atomic E-state index is 11.2. The molecular formula is C13H20N4O. The van der Waals surface area contributed by atoms with Crippen molar-refractivity contribution in [3.8, 4) is 0 Å². The van der Waals surface area contributed by atoms with Gasteiger partial charge in [0.25, 0.3) is 0 Å². The molecule has 98 valence electrons. The first-order chi connectivity index (χ1) is 8.67. The summed E-state index contributed by atoms with van der Waals surface area (Å²) in [5.41, 5.74) is 0. The Morgan fingerprint density at radius 3 is 2.61 bits per heavy atom. The highest BCUT2D eigenvalue weighted by Gasteiger charge is 2.18. The lowest BCUT2D eigenvalue weighted by molar-refractivity contribution is -0.120. The molecule has 0 atom stereocenters. The number of hydrogen-bond donors (Lipinski definition) is 2. The summed E-state index contributed by atoms with van der Waals surface area (Å²) in [4.78, 5) is 19.9. The van der Waals surface area contributed by atoms with E-state index in [4.69, 9.17) is 0 Å². The van der Waals surface area contributed by atoms with Gasteiger partial charge < -0.3 is 10.6 Å². The zero-order chi connectivity index (χ0) is 13.0. The molecule has 0 aromatic carbocycles. The summed E-state index contributed by atoms with van der Waals surface area (Å²) in [6.45, 7) is 4.77. The van der Waals surface area contributed by atoms with E-state index < -0.39 is 0 Å². The molecule has 2 N–H and O–H groups in total. The fraction of sp³-hybridized carbons (Fsp3) is 0.615. The van der Waals surface area contributed by atoms with E-state index in [2.05, 4.69) is 20.6 Å². The quantitative estimate of drug-likeness (QED) is 0.854. The number of carbonyl (C=O) groups is 1. The van der Waals surface area contributed by atoms with Crippen molar-refractivity contribution in [1.82, 2.24) is 9.97 Å². The van der Waals surface area contributed by atoms with Gasteiger partial charge in [-0.1, -0.05) is 0 Å². The topological polar surface area (TPSA) is 66.9 Å². The number of nitrogens with one attached hydrogen (secondary N) is 2. The first-order valence-corrected chi connectivity index (χ1v) is 6.55. The minimum atomic E-state index is 0.353. The maximum atomic E-state index is 11.2. The Balaban J connectivity index is 2.02. The number of Topliss-reactive ketones (excluding diaryl/α,β-unsaturated/α-hetero) is 1. The van der Waals surface area contributed by atoms with E-state index in [1.807, 2.05) is 19.9 Å². The van der Waals surface area contributed by atoms with Gasteiger partial charge in [-0.2, -0.15) is 0 Å². The third-order valence-corrected chi connectivity index (χ3v) is 3.09. The standard InChI is InChI=1S/C13H20N4O/c1-3-14-12-8-13(16-9(2)15-12)17-10-4-6-11(18)7-5-10/h8,10H,3-7H2,1-2H3,(H2,14,15,16,17). The molecule has 18 heavy (non-hydrogen) atoms. The highest BCUT2D eigenvalue weighted by molar-refractivity contribution is 5.79. The minimum Gasteiger partial charge on any atom is -0.370 e. The van der Waals surface area contributed by atoms with Crippen LogP contribution in [-0.2, 0) is 4.79 Å². The normalized spacial score (nSPS) is 16.7. The number of anilines is 2. The fourth-order valence-electron chi connectivity index (χ4n) is 2.21. The fourth-order valence-corrected chi connectivity index (χ4v) is 2.21. The summed E-state index contributed by atoms with van der Waals surface area (Å²) < 4.78 is 0. The van der Waals surface area contributed by atoms with Crippen molar-refractivity contribution in [3.63, 3.8) is 0 Å². The van der Waals surface area contributed by atoms with Crippen LogP contribution in [0.3, 0.4) is 0 Å². The highest BCUT2D eigenvalue weighted by atomic mass is 16.1. The number of hydrogen-bond acceptors (Lipinski definition) is 5. The summed E-state index contributed by atoms with van der Waals surface area (Å²) in [5, 5.41) is 6.59. The average molecular weight is 248 g/mol. The molecule has 0 unspecified atom stereocenters. The van der Waals surface area contributed by atoms with E-state index in [0.29, 0.717) is 24.7 Å². The number of aryl methyl sites for hydroxylation is 1. The van der Waals surface area contributed by atoms with Crippen LogP contribution in [0.5, 0.6) is 0 Å². The van der Waals surface area contributed by atoms with E-state index in [0.717, 1.165) is 36.8 Å². The summed E-state index contributed by atoms with van der Waals surface area (Å²) in [6.07, 6.45) is 3.17. The first kappa shape index (κ1) is 12.8. The van der Waals surface area contributed by atoms with Crippen LogP contribution in [0.15, 0.2) is 6.07 Å². The number of rotatable bonds is 4. The Labute approximate surface area is 107 Å². The number of nitrogens with zero attached hydrogens (tertiary/aromatic N) is 2. The number of ketones is 1. The summed E-state index contributed by atoms with van der Waals surface area (Å²) in [7, 11) is 0. The van der Waals surface area contributed by atoms with E-state index in [9.17, 15) is 4.79 Å². The Kier molecular flexibility index (Phi) is 4.12. The van der Waals surface area contributed by atoms with Crippen molar-refractivity contribution >= 4 is 17.4 Å². The van der Waals surface area contributed by atoms with E-state index in [1.165, 1.54) is 0 Å². The van der Waals surface area contributed by atoms with Gasteiger partial charge in [-0.25, -0.2) is 9.97 Å². The van der Waals surface area contributed by atoms with Crippen molar-refractivity contribution in [3.05, 3.63) is 11.9 Å². The lowest BCUT2D eigenvalue weighted by Gasteiger charge is -2.23. The largest absolute Gasteiger partial charge is 0.370 e. The molecule has 1 aliphatic rings. The lowest BCUT2D eigenvalue weighted by Crippen LogP contribution is -2.26. The molecule has 1 saturated carbocycles. The lowest BCUT2D eigenvalue weighted by atomic mass is 9.94. The Bertz CT molecular complexity index is 423.